The average Bonchev–Trinajstić information content (AvgIpc) is 2.61. The number of rotatable bonds is 7. The molecule has 4 nitrogen and oxygen atoms in total. The Morgan fingerprint density at radius 2 is 1.81 bits per heavy atom. The topological polar surface area (TPSA) is 38.8 Å². The third kappa shape index (κ3) is 5.77. The molecule has 0 spiro atoms. The number of halogens is 3. The number of hydrogen-bond donors (Lipinski definition) is 0. The van der Waals surface area contributed by atoms with Crippen LogP contribution >= 0.6 is 0 Å². The van der Waals surface area contributed by atoms with Gasteiger partial charge in [0.25, 0.3) is 0 Å². The Kier molecular flexibility index (Phi) is 6.87. The summed E-state index contributed by atoms with van der Waals surface area (Å²) in [5.74, 6) is -0.538. The first-order valence-electron chi connectivity index (χ1n) is 8.11. The minimum Gasteiger partial charge on any atom is -0.493 e. The van der Waals surface area contributed by atoms with Gasteiger partial charge in [0.1, 0.15) is 5.82 Å². The summed E-state index contributed by atoms with van der Waals surface area (Å²) in [6, 6.07) is 10.4. The van der Waals surface area contributed by atoms with Crippen LogP contribution in [0, 0.1) is 5.82 Å². The van der Waals surface area contributed by atoms with Crippen molar-refractivity contribution in [3.05, 3.63) is 65.5 Å². The molecule has 0 heterocycles. The van der Waals surface area contributed by atoms with Crippen LogP contribution in [0.15, 0.2) is 48.5 Å². The molecular weight excluding hydrogens is 359 g/mol. The quantitative estimate of drug-likeness (QED) is 0.665. The second-order valence-corrected chi connectivity index (χ2v) is 5.89. The van der Waals surface area contributed by atoms with Crippen LogP contribution in [0.2, 0.25) is 0 Å². The Hall–Kier alpha value is -2.96. The van der Waals surface area contributed by atoms with Gasteiger partial charge in [0.2, 0.25) is 5.91 Å². The number of ether oxygens (including phenoxy) is 2. The van der Waals surface area contributed by atoms with Crippen molar-refractivity contribution in [3.8, 4) is 11.5 Å². The first-order valence-corrected chi connectivity index (χ1v) is 8.11. The zero-order chi connectivity index (χ0) is 20.0. The fraction of sp³-hybridized carbons (Fsp3) is 0.250. The van der Waals surface area contributed by atoms with Gasteiger partial charge in [-0.3, -0.25) is 4.79 Å². The summed E-state index contributed by atoms with van der Waals surface area (Å²) in [7, 11) is 2.95. The predicted molar refractivity (Wildman–Crippen MR) is 96.2 cm³/mol. The standard InChI is InChI=1S/C20H20F3NO3/c1-13(15-5-7-16(21)8-6-15)10-19(25)24(2)12-14-4-9-17(26-3)18(11-14)27-20(22)23/h4-11,20H,12H2,1-3H3/b13-10+. The molecule has 7 heteroatoms. The highest BCUT2D eigenvalue weighted by molar-refractivity contribution is 5.94. The Labute approximate surface area is 155 Å². The van der Waals surface area contributed by atoms with Gasteiger partial charge in [0, 0.05) is 19.7 Å². The Morgan fingerprint density at radius 3 is 2.41 bits per heavy atom. The van der Waals surface area contributed by atoms with Gasteiger partial charge in [0.05, 0.1) is 7.11 Å². The van der Waals surface area contributed by atoms with Gasteiger partial charge in [-0.2, -0.15) is 8.78 Å². The molecule has 27 heavy (non-hydrogen) atoms. The van der Waals surface area contributed by atoms with Gasteiger partial charge in [-0.15, -0.1) is 0 Å². The van der Waals surface area contributed by atoms with Crippen molar-refractivity contribution in [3.63, 3.8) is 0 Å². The SMILES string of the molecule is COc1ccc(CN(C)C(=O)/C=C(\C)c2ccc(F)cc2)cc1OC(F)F. The van der Waals surface area contributed by atoms with Crippen molar-refractivity contribution >= 4 is 11.5 Å². The number of alkyl halides is 2. The predicted octanol–water partition coefficient (Wildman–Crippen LogP) is 4.50. The van der Waals surface area contributed by atoms with E-state index < -0.39 is 6.61 Å². The summed E-state index contributed by atoms with van der Waals surface area (Å²) in [5.41, 5.74) is 2.02. The normalized spacial score (nSPS) is 11.4. The van der Waals surface area contributed by atoms with Crippen molar-refractivity contribution in [1.29, 1.82) is 0 Å². The van der Waals surface area contributed by atoms with E-state index in [1.165, 1.54) is 42.4 Å². The van der Waals surface area contributed by atoms with Gasteiger partial charge < -0.3 is 14.4 Å². The van der Waals surface area contributed by atoms with E-state index in [9.17, 15) is 18.0 Å². The third-order valence-electron chi connectivity index (χ3n) is 3.88. The maximum absolute atomic E-state index is 13.0. The Bertz CT molecular complexity index is 820. The van der Waals surface area contributed by atoms with Crippen LogP contribution < -0.4 is 9.47 Å². The minimum absolute atomic E-state index is 0.0936. The number of hydrogen-bond acceptors (Lipinski definition) is 3. The lowest BCUT2D eigenvalue weighted by Crippen LogP contribution is -2.24. The molecule has 0 aliphatic carbocycles. The summed E-state index contributed by atoms with van der Waals surface area (Å²) >= 11 is 0. The van der Waals surface area contributed by atoms with Crippen LogP contribution in [0.1, 0.15) is 18.1 Å². The molecule has 2 aromatic rings. The zero-order valence-electron chi connectivity index (χ0n) is 15.2. The van der Waals surface area contributed by atoms with Crippen LogP contribution in [0.25, 0.3) is 5.57 Å². The fourth-order valence-corrected chi connectivity index (χ4v) is 2.45. The average molecular weight is 379 g/mol. The number of benzene rings is 2. The number of carbonyl (C=O) groups is 1. The smallest absolute Gasteiger partial charge is 0.387 e. The van der Waals surface area contributed by atoms with Gasteiger partial charge in [-0.1, -0.05) is 18.2 Å². The molecule has 0 saturated heterocycles. The van der Waals surface area contributed by atoms with Crippen molar-refractivity contribution in [2.45, 2.75) is 20.1 Å². The summed E-state index contributed by atoms with van der Waals surface area (Å²) < 4.78 is 47.5. The Morgan fingerprint density at radius 1 is 1.15 bits per heavy atom. The zero-order valence-corrected chi connectivity index (χ0v) is 15.2. The lowest BCUT2D eigenvalue weighted by atomic mass is 10.1. The van der Waals surface area contributed by atoms with Crippen LogP contribution in [-0.4, -0.2) is 31.6 Å². The number of amides is 1. The van der Waals surface area contributed by atoms with E-state index in [4.69, 9.17) is 4.74 Å². The first-order chi connectivity index (χ1) is 12.8. The lowest BCUT2D eigenvalue weighted by molar-refractivity contribution is -0.125. The van der Waals surface area contributed by atoms with E-state index in [0.717, 1.165) is 5.56 Å². The maximum Gasteiger partial charge on any atom is 0.387 e. The maximum atomic E-state index is 13.0. The first kappa shape index (κ1) is 20.4. The van der Waals surface area contributed by atoms with E-state index in [1.807, 2.05) is 0 Å². The molecule has 0 N–H and O–H groups in total. The molecule has 1 amide bonds. The molecular formula is C20H20F3NO3. The fourth-order valence-electron chi connectivity index (χ4n) is 2.45. The third-order valence-corrected chi connectivity index (χ3v) is 3.88. The number of carbonyl (C=O) groups excluding carboxylic acids is 1. The molecule has 0 bridgehead atoms. The minimum atomic E-state index is -2.98. The molecule has 2 aromatic carbocycles. The number of nitrogens with zero attached hydrogens (tertiary/aromatic N) is 1. The lowest BCUT2D eigenvalue weighted by Gasteiger charge is -2.17. The summed E-state index contributed by atoms with van der Waals surface area (Å²) in [6.45, 7) is -1.04. The van der Waals surface area contributed by atoms with Gasteiger partial charge >= 0.3 is 6.61 Å². The van der Waals surface area contributed by atoms with Gasteiger partial charge in [-0.05, 0) is 47.9 Å². The van der Waals surface area contributed by atoms with E-state index in [2.05, 4.69) is 4.74 Å². The molecule has 0 fully saturated rings. The van der Waals surface area contributed by atoms with Crippen LogP contribution in [0.4, 0.5) is 13.2 Å². The molecule has 144 valence electrons. The van der Waals surface area contributed by atoms with Crippen molar-refractivity contribution in [2.24, 2.45) is 0 Å². The van der Waals surface area contributed by atoms with Gasteiger partial charge in [0.15, 0.2) is 11.5 Å². The molecule has 0 aliphatic rings. The van der Waals surface area contributed by atoms with Crippen molar-refractivity contribution in [2.75, 3.05) is 14.2 Å². The van der Waals surface area contributed by atoms with Crippen LogP contribution in [0.3, 0.4) is 0 Å². The number of likely N-dealkylation sites (N-methyl/N-ethyl adjacent to an activating group) is 1. The highest BCUT2D eigenvalue weighted by Gasteiger charge is 2.13. The Balaban J connectivity index is 2.11. The largest absolute Gasteiger partial charge is 0.493 e. The van der Waals surface area contributed by atoms with E-state index in [0.29, 0.717) is 11.1 Å². The molecule has 0 aliphatic heterocycles. The summed E-state index contributed by atoms with van der Waals surface area (Å²) in [6.07, 6.45) is 1.44. The molecule has 2 rings (SSSR count). The second-order valence-electron chi connectivity index (χ2n) is 5.89. The molecule has 0 aromatic heterocycles. The molecule has 0 atom stereocenters. The number of allylic oxidation sites excluding steroid dienone is 1. The van der Waals surface area contributed by atoms with Crippen molar-refractivity contribution < 1.29 is 27.4 Å². The van der Waals surface area contributed by atoms with Gasteiger partial charge in [-0.25, -0.2) is 4.39 Å². The molecule has 0 unspecified atom stereocenters. The second kappa shape index (κ2) is 9.12. The molecule has 0 saturated carbocycles. The van der Waals surface area contributed by atoms with E-state index in [-0.39, 0.29) is 29.8 Å². The highest BCUT2D eigenvalue weighted by atomic mass is 19.3. The summed E-state index contributed by atoms with van der Waals surface area (Å²) in [4.78, 5) is 13.8. The number of methoxy groups -OCH3 is 1. The monoisotopic (exact) mass is 379 g/mol. The highest BCUT2D eigenvalue weighted by Crippen LogP contribution is 2.30. The summed E-state index contributed by atoms with van der Waals surface area (Å²) in [5, 5.41) is 0. The van der Waals surface area contributed by atoms with Crippen molar-refractivity contribution in [1.82, 2.24) is 4.90 Å². The van der Waals surface area contributed by atoms with Crippen LogP contribution in [-0.2, 0) is 11.3 Å². The molecule has 0 radical (unpaired) electrons. The van der Waals surface area contributed by atoms with E-state index >= 15 is 0 Å². The van der Waals surface area contributed by atoms with Crippen LogP contribution in [0.5, 0.6) is 11.5 Å². The van der Waals surface area contributed by atoms with E-state index in [1.54, 1.807) is 32.2 Å².